The Morgan fingerprint density at radius 3 is 2.88 bits per heavy atom. The predicted octanol–water partition coefficient (Wildman–Crippen LogP) is 2.67. The third-order valence-electron chi connectivity index (χ3n) is 2.54. The van der Waals surface area contributed by atoms with E-state index in [0.29, 0.717) is 23.2 Å². The summed E-state index contributed by atoms with van der Waals surface area (Å²) in [6.07, 6.45) is 1.47. The fraction of sp³-hybridized carbons (Fsp3) is 0.333. The third kappa shape index (κ3) is 2.84. The molecule has 1 heterocycles. The second-order valence-corrected chi connectivity index (χ2v) is 4.27. The molecular formula is C12H14ClN3O. The monoisotopic (exact) mass is 251 g/mol. The molecule has 0 amide bonds. The zero-order valence-corrected chi connectivity index (χ0v) is 10.3. The van der Waals surface area contributed by atoms with Crippen LogP contribution < -0.4 is 5.73 Å². The average Bonchev–Trinajstić information content (AvgIpc) is 2.78. The van der Waals surface area contributed by atoms with Crippen molar-refractivity contribution in [1.82, 2.24) is 10.1 Å². The SMILES string of the molecule is CCC(N)Cc1nc(-c2ccccc2Cl)no1. The zero-order valence-electron chi connectivity index (χ0n) is 9.56. The summed E-state index contributed by atoms with van der Waals surface area (Å²) in [5, 5.41) is 4.52. The molecule has 1 atom stereocenters. The number of benzene rings is 1. The molecule has 1 aromatic carbocycles. The first kappa shape index (κ1) is 12.1. The summed E-state index contributed by atoms with van der Waals surface area (Å²) in [6.45, 7) is 2.02. The van der Waals surface area contributed by atoms with Crippen LogP contribution in [0.4, 0.5) is 0 Å². The van der Waals surface area contributed by atoms with E-state index >= 15 is 0 Å². The standard InChI is InChI=1S/C12H14ClN3O/c1-2-8(14)7-11-15-12(16-17-11)9-5-3-4-6-10(9)13/h3-6,8H,2,7,14H2,1H3. The van der Waals surface area contributed by atoms with Crippen molar-refractivity contribution in [2.75, 3.05) is 0 Å². The van der Waals surface area contributed by atoms with E-state index in [0.717, 1.165) is 12.0 Å². The summed E-state index contributed by atoms with van der Waals surface area (Å²) >= 11 is 6.05. The van der Waals surface area contributed by atoms with Crippen LogP contribution in [-0.4, -0.2) is 16.2 Å². The molecule has 2 aromatic rings. The average molecular weight is 252 g/mol. The fourth-order valence-corrected chi connectivity index (χ4v) is 1.68. The molecule has 90 valence electrons. The topological polar surface area (TPSA) is 64.9 Å². The molecule has 0 bridgehead atoms. The highest BCUT2D eigenvalue weighted by molar-refractivity contribution is 6.33. The van der Waals surface area contributed by atoms with E-state index in [9.17, 15) is 0 Å². The van der Waals surface area contributed by atoms with Crippen molar-refractivity contribution in [3.05, 3.63) is 35.2 Å². The van der Waals surface area contributed by atoms with Crippen LogP contribution in [0.1, 0.15) is 19.2 Å². The van der Waals surface area contributed by atoms with Crippen LogP contribution in [0.5, 0.6) is 0 Å². The van der Waals surface area contributed by atoms with Gasteiger partial charge in [-0.1, -0.05) is 35.8 Å². The van der Waals surface area contributed by atoms with E-state index in [4.69, 9.17) is 21.9 Å². The van der Waals surface area contributed by atoms with Crippen molar-refractivity contribution >= 4 is 11.6 Å². The van der Waals surface area contributed by atoms with Gasteiger partial charge in [-0.3, -0.25) is 0 Å². The van der Waals surface area contributed by atoms with Gasteiger partial charge in [-0.2, -0.15) is 4.98 Å². The summed E-state index contributed by atoms with van der Waals surface area (Å²) in [4.78, 5) is 4.29. The van der Waals surface area contributed by atoms with Gasteiger partial charge in [-0.05, 0) is 18.6 Å². The van der Waals surface area contributed by atoms with Gasteiger partial charge >= 0.3 is 0 Å². The quantitative estimate of drug-likeness (QED) is 0.907. The van der Waals surface area contributed by atoms with Crippen LogP contribution >= 0.6 is 11.6 Å². The van der Waals surface area contributed by atoms with E-state index in [2.05, 4.69) is 10.1 Å². The van der Waals surface area contributed by atoms with Crippen molar-refractivity contribution in [2.45, 2.75) is 25.8 Å². The molecule has 1 aromatic heterocycles. The number of hydrogen-bond donors (Lipinski definition) is 1. The molecular weight excluding hydrogens is 238 g/mol. The van der Waals surface area contributed by atoms with Crippen molar-refractivity contribution in [1.29, 1.82) is 0 Å². The Kier molecular flexibility index (Phi) is 3.76. The number of rotatable bonds is 4. The molecule has 0 radical (unpaired) electrons. The van der Waals surface area contributed by atoms with Gasteiger partial charge in [0, 0.05) is 18.0 Å². The molecule has 0 aliphatic carbocycles. The Labute approximate surface area is 105 Å². The Morgan fingerprint density at radius 1 is 1.41 bits per heavy atom. The molecule has 4 nitrogen and oxygen atoms in total. The van der Waals surface area contributed by atoms with Crippen LogP contribution in [0, 0.1) is 0 Å². The maximum atomic E-state index is 6.05. The number of halogens is 1. The lowest BCUT2D eigenvalue weighted by atomic mass is 10.2. The minimum absolute atomic E-state index is 0.0505. The lowest BCUT2D eigenvalue weighted by Crippen LogP contribution is -2.21. The van der Waals surface area contributed by atoms with Gasteiger partial charge in [-0.15, -0.1) is 0 Å². The van der Waals surface area contributed by atoms with Crippen LogP contribution in [0.15, 0.2) is 28.8 Å². The maximum absolute atomic E-state index is 6.05. The zero-order chi connectivity index (χ0) is 12.3. The second kappa shape index (κ2) is 5.29. The Morgan fingerprint density at radius 2 is 2.18 bits per heavy atom. The first-order valence-corrected chi connectivity index (χ1v) is 5.91. The Bertz CT molecular complexity index is 498. The highest BCUT2D eigenvalue weighted by Gasteiger charge is 2.13. The van der Waals surface area contributed by atoms with E-state index in [1.807, 2.05) is 25.1 Å². The molecule has 1 unspecified atom stereocenters. The van der Waals surface area contributed by atoms with Crippen LogP contribution in [0.2, 0.25) is 5.02 Å². The van der Waals surface area contributed by atoms with Crippen molar-refractivity contribution in [2.24, 2.45) is 5.73 Å². The smallest absolute Gasteiger partial charge is 0.228 e. The predicted molar refractivity (Wildman–Crippen MR) is 66.7 cm³/mol. The molecule has 0 saturated carbocycles. The van der Waals surface area contributed by atoms with Crippen molar-refractivity contribution in [3.63, 3.8) is 0 Å². The van der Waals surface area contributed by atoms with Crippen LogP contribution in [0.25, 0.3) is 11.4 Å². The number of aromatic nitrogens is 2. The third-order valence-corrected chi connectivity index (χ3v) is 2.87. The van der Waals surface area contributed by atoms with E-state index < -0.39 is 0 Å². The highest BCUT2D eigenvalue weighted by Crippen LogP contribution is 2.24. The van der Waals surface area contributed by atoms with Crippen molar-refractivity contribution < 1.29 is 4.52 Å². The minimum atomic E-state index is 0.0505. The Hall–Kier alpha value is -1.39. The minimum Gasteiger partial charge on any atom is -0.339 e. The number of nitrogens with two attached hydrogens (primary N) is 1. The maximum Gasteiger partial charge on any atom is 0.228 e. The number of nitrogens with zero attached hydrogens (tertiary/aromatic N) is 2. The summed E-state index contributed by atoms with van der Waals surface area (Å²) in [7, 11) is 0. The normalized spacial score (nSPS) is 12.6. The Balaban J connectivity index is 2.21. The molecule has 0 aliphatic heterocycles. The summed E-state index contributed by atoms with van der Waals surface area (Å²) in [5.41, 5.74) is 6.60. The lowest BCUT2D eigenvalue weighted by Gasteiger charge is -2.02. The molecule has 0 spiro atoms. The molecule has 2 rings (SSSR count). The molecule has 0 fully saturated rings. The number of hydrogen-bond acceptors (Lipinski definition) is 4. The molecule has 5 heteroatoms. The second-order valence-electron chi connectivity index (χ2n) is 3.86. The first-order valence-electron chi connectivity index (χ1n) is 5.53. The summed E-state index contributed by atoms with van der Waals surface area (Å²) in [6, 6.07) is 7.45. The van der Waals surface area contributed by atoms with E-state index in [-0.39, 0.29) is 6.04 Å². The first-order chi connectivity index (χ1) is 8.20. The lowest BCUT2D eigenvalue weighted by molar-refractivity contribution is 0.368. The van der Waals surface area contributed by atoms with Crippen LogP contribution in [-0.2, 0) is 6.42 Å². The van der Waals surface area contributed by atoms with Crippen LogP contribution in [0.3, 0.4) is 0 Å². The van der Waals surface area contributed by atoms with Gasteiger partial charge in [-0.25, -0.2) is 0 Å². The summed E-state index contributed by atoms with van der Waals surface area (Å²) < 4.78 is 5.15. The van der Waals surface area contributed by atoms with Gasteiger partial charge in [0.1, 0.15) is 0 Å². The van der Waals surface area contributed by atoms with Gasteiger partial charge < -0.3 is 10.3 Å². The molecule has 0 aliphatic rings. The van der Waals surface area contributed by atoms with Crippen molar-refractivity contribution in [3.8, 4) is 11.4 Å². The van der Waals surface area contributed by atoms with Gasteiger partial charge in [0.15, 0.2) is 0 Å². The largest absolute Gasteiger partial charge is 0.339 e. The summed E-state index contributed by atoms with van der Waals surface area (Å²) in [5.74, 6) is 1.06. The van der Waals surface area contributed by atoms with E-state index in [1.165, 1.54) is 0 Å². The van der Waals surface area contributed by atoms with Gasteiger partial charge in [0.2, 0.25) is 11.7 Å². The molecule has 2 N–H and O–H groups in total. The molecule has 17 heavy (non-hydrogen) atoms. The molecule has 0 saturated heterocycles. The van der Waals surface area contributed by atoms with Gasteiger partial charge in [0.25, 0.3) is 0 Å². The fourth-order valence-electron chi connectivity index (χ4n) is 1.46. The van der Waals surface area contributed by atoms with E-state index in [1.54, 1.807) is 6.07 Å². The highest BCUT2D eigenvalue weighted by atomic mass is 35.5. The van der Waals surface area contributed by atoms with Gasteiger partial charge in [0.05, 0.1) is 5.02 Å².